The molecule has 0 fully saturated rings. The number of thiazole rings is 1. The van der Waals surface area contributed by atoms with Gasteiger partial charge in [0.15, 0.2) is 4.96 Å². The van der Waals surface area contributed by atoms with Gasteiger partial charge in [0.2, 0.25) is 0 Å². The van der Waals surface area contributed by atoms with Gasteiger partial charge in [0, 0.05) is 28.2 Å². The summed E-state index contributed by atoms with van der Waals surface area (Å²) in [5, 5.41) is 4.76. The van der Waals surface area contributed by atoms with Crippen molar-refractivity contribution in [3.63, 3.8) is 0 Å². The summed E-state index contributed by atoms with van der Waals surface area (Å²) in [5.74, 6) is 0. The van der Waals surface area contributed by atoms with Crippen LogP contribution in [0.1, 0.15) is 24.2 Å². The van der Waals surface area contributed by atoms with E-state index in [9.17, 15) is 4.79 Å². The van der Waals surface area contributed by atoms with E-state index < -0.39 is 0 Å². The Balaban J connectivity index is 1.77. The van der Waals surface area contributed by atoms with Crippen molar-refractivity contribution in [3.05, 3.63) is 68.5 Å². The first-order valence-corrected chi connectivity index (χ1v) is 7.94. The lowest BCUT2D eigenvalue weighted by Crippen LogP contribution is -2.83. The molecule has 0 radical (unpaired) electrons. The highest BCUT2D eigenvalue weighted by atomic mass is 35.5. The molecular weight excluding hydrogens is 306 g/mol. The van der Waals surface area contributed by atoms with Gasteiger partial charge in [-0.25, -0.2) is 4.98 Å². The minimum absolute atomic E-state index is 0.0324. The number of fused-ring (bicyclic) bond motifs is 1. The molecule has 1 atom stereocenters. The molecule has 3 rings (SSSR count). The molecule has 3 aromatic rings. The Morgan fingerprint density at radius 3 is 3.05 bits per heavy atom. The van der Waals surface area contributed by atoms with Crippen LogP contribution in [0.4, 0.5) is 0 Å². The van der Waals surface area contributed by atoms with Gasteiger partial charge >= 0.3 is 0 Å². The van der Waals surface area contributed by atoms with Gasteiger partial charge in [-0.2, -0.15) is 0 Å². The van der Waals surface area contributed by atoms with Crippen LogP contribution >= 0.6 is 22.9 Å². The van der Waals surface area contributed by atoms with Crippen LogP contribution < -0.4 is 10.9 Å². The molecule has 0 saturated heterocycles. The second kappa shape index (κ2) is 5.97. The van der Waals surface area contributed by atoms with Crippen LogP contribution in [0.2, 0.25) is 5.02 Å². The Labute approximate surface area is 131 Å². The molecule has 2 aromatic heterocycles. The van der Waals surface area contributed by atoms with E-state index in [0.717, 1.165) is 21.2 Å². The maximum atomic E-state index is 11.9. The van der Waals surface area contributed by atoms with E-state index in [2.05, 4.69) is 17.2 Å². The molecule has 0 bridgehead atoms. The van der Waals surface area contributed by atoms with Gasteiger partial charge in [-0.1, -0.05) is 29.8 Å². The van der Waals surface area contributed by atoms with E-state index in [1.165, 1.54) is 11.3 Å². The van der Waals surface area contributed by atoms with E-state index in [4.69, 9.17) is 11.6 Å². The van der Waals surface area contributed by atoms with Gasteiger partial charge in [0.05, 0.1) is 0 Å². The molecule has 108 valence electrons. The van der Waals surface area contributed by atoms with Crippen molar-refractivity contribution in [3.8, 4) is 0 Å². The minimum Gasteiger partial charge on any atom is -0.335 e. The molecule has 0 aliphatic carbocycles. The van der Waals surface area contributed by atoms with Crippen molar-refractivity contribution in [2.45, 2.75) is 19.5 Å². The summed E-state index contributed by atoms with van der Waals surface area (Å²) in [6.45, 7) is 2.74. The summed E-state index contributed by atoms with van der Waals surface area (Å²) in [5.41, 5.74) is 1.85. The fourth-order valence-corrected chi connectivity index (χ4v) is 3.31. The lowest BCUT2D eigenvalue weighted by atomic mass is 10.1. The summed E-state index contributed by atoms with van der Waals surface area (Å²) in [4.78, 5) is 17.2. The third-order valence-electron chi connectivity index (χ3n) is 3.43. The normalized spacial score (nSPS) is 12.7. The number of hydrogen-bond donors (Lipinski definition) is 1. The predicted octanol–water partition coefficient (Wildman–Crippen LogP) is 2.23. The van der Waals surface area contributed by atoms with E-state index >= 15 is 0 Å². The molecule has 2 N–H and O–H groups in total. The third kappa shape index (κ3) is 3.00. The van der Waals surface area contributed by atoms with Gasteiger partial charge in [-0.05, 0) is 13.0 Å². The van der Waals surface area contributed by atoms with Crippen LogP contribution in [0.25, 0.3) is 4.96 Å². The second-order valence-electron chi connectivity index (χ2n) is 4.89. The molecule has 6 heteroatoms. The Morgan fingerprint density at radius 1 is 1.43 bits per heavy atom. The molecule has 1 aromatic carbocycles. The average Bonchev–Trinajstić information content (AvgIpc) is 2.94. The summed E-state index contributed by atoms with van der Waals surface area (Å²) < 4.78 is 1.56. The van der Waals surface area contributed by atoms with E-state index in [-0.39, 0.29) is 11.6 Å². The maximum absolute atomic E-state index is 11.9. The summed E-state index contributed by atoms with van der Waals surface area (Å²) in [7, 11) is 0. The number of aromatic nitrogens is 2. The molecule has 4 nitrogen and oxygen atoms in total. The largest absolute Gasteiger partial charge is 0.335 e. The van der Waals surface area contributed by atoms with Crippen molar-refractivity contribution in [1.82, 2.24) is 9.38 Å². The molecule has 0 unspecified atom stereocenters. The third-order valence-corrected chi connectivity index (χ3v) is 4.53. The summed E-state index contributed by atoms with van der Waals surface area (Å²) in [6.07, 6.45) is 1.75. The average molecular weight is 321 g/mol. The Kier molecular flexibility index (Phi) is 4.05. The van der Waals surface area contributed by atoms with E-state index in [1.54, 1.807) is 16.7 Å². The molecule has 0 saturated carbocycles. The van der Waals surface area contributed by atoms with Crippen LogP contribution in [-0.4, -0.2) is 9.38 Å². The smallest absolute Gasteiger partial charge is 0.258 e. The van der Waals surface area contributed by atoms with Gasteiger partial charge in [-0.15, -0.1) is 11.3 Å². The first-order chi connectivity index (χ1) is 10.1. The molecule has 2 heterocycles. The van der Waals surface area contributed by atoms with Crippen LogP contribution in [0.15, 0.2) is 46.7 Å². The van der Waals surface area contributed by atoms with Gasteiger partial charge < -0.3 is 5.32 Å². The lowest BCUT2D eigenvalue weighted by molar-refractivity contribution is -0.708. The fourth-order valence-electron chi connectivity index (χ4n) is 2.26. The topological polar surface area (TPSA) is 51.0 Å². The number of nitrogens with two attached hydrogens (primary N) is 1. The number of halogens is 1. The quantitative estimate of drug-likeness (QED) is 0.801. The number of nitrogens with zero attached hydrogens (tertiary/aromatic N) is 2. The van der Waals surface area contributed by atoms with Crippen molar-refractivity contribution in [2.24, 2.45) is 0 Å². The molecular formula is C15H15ClN3OS+. The number of benzene rings is 1. The molecule has 0 spiro atoms. The zero-order valence-corrected chi connectivity index (χ0v) is 13.1. The molecule has 0 amide bonds. The summed E-state index contributed by atoms with van der Waals surface area (Å²) in [6, 6.07) is 9.62. The second-order valence-corrected chi connectivity index (χ2v) is 6.17. The molecule has 0 aliphatic heterocycles. The molecule has 0 aliphatic rings. The van der Waals surface area contributed by atoms with Crippen LogP contribution in [0.5, 0.6) is 0 Å². The lowest BCUT2D eigenvalue weighted by Gasteiger charge is -2.12. The van der Waals surface area contributed by atoms with Gasteiger partial charge in [0.1, 0.15) is 18.3 Å². The minimum atomic E-state index is -0.0324. The number of quaternary nitrogens is 1. The highest BCUT2D eigenvalue weighted by molar-refractivity contribution is 7.15. The highest BCUT2D eigenvalue weighted by Gasteiger charge is 2.13. The Bertz CT molecular complexity index is 827. The van der Waals surface area contributed by atoms with Crippen molar-refractivity contribution < 1.29 is 5.32 Å². The zero-order chi connectivity index (χ0) is 14.8. The van der Waals surface area contributed by atoms with Crippen LogP contribution in [-0.2, 0) is 6.54 Å². The first-order valence-electron chi connectivity index (χ1n) is 6.68. The maximum Gasteiger partial charge on any atom is 0.258 e. The predicted molar refractivity (Wildman–Crippen MR) is 84.8 cm³/mol. The van der Waals surface area contributed by atoms with Crippen molar-refractivity contribution in [1.29, 1.82) is 0 Å². The zero-order valence-electron chi connectivity index (χ0n) is 11.5. The SMILES string of the molecule is C[C@H]([NH2+]Cc1cc(=O)n2ccsc2n1)c1ccccc1Cl. The van der Waals surface area contributed by atoms with E-state index in [1.807, 2.05) is 29.6 Å². The number of hydrogen-bond acceptors (Lipinski definition) is 3. The highest BCUT2D eigenvalue weighted by Crippen LogP contribution is 2.19. The fraction of sp³-hybridized carbons (Fsp3) is 0.200. The van der Waals surface area contributed by atoms with Crippen LogP contribution in [0.3, 0.4) is 0 Å². The monoisotopic (exact) mass is 320 g/mol. The Hall–Kier alpha value is -1.69. The first kappa shape index (κ1) is 14.3. The van der Waals surface area contributed by atoms with Crippen molar-refractivity contribution in [2.75, 3.05) is 0 Å². The standard InChI is InChI=1S/C15H14ClN3OS/c1-10(12-4-2-3-5-13(12)16)17-9-11-8-14(20)19-6-7-21-15(19)18-11/h2-8,10,17H,9H2,1H3/p+1/t10-/m0/s1. The number of rotatable bonds is 4. The van der Waals surface area contributed by atoms with Crippen molar-refractivity contribution >= 4 is 27.9 Å². The van der Waals surface area contributed by atoms with Crippen LogP contribution in [0, 0.1) is 0 Å². The summed E-state index contributed by atoms with van der Waals surface area (Å²) >= 11 is 7.67. The van der Waals surface area contributed by atoms with Gasteiger partial charge in [-0.3, -0.25) is 9.20 Å². The molecule has 21 heavy (non-hydrogen) atoms. The van der Waals surface area contributed by atoms with Gasteiger partial charge in [0.25, 0.3) is 5.56 Å². The van der Waals surface area contributed by atoms with E-state index in [0.29, 0.717) is 6.54 Å². The Morgan fingerprint density at radius 2 is 2.24 bits per heavy atom.